The molecular formula is C15H14N2O2S. The van der Waals surface area contributed by atoms with Crippen molar-refractivity contribution in [2.24, 2.45) is 0 Å². The summed E-state index contributed by atoms with van der Waals surface area (Å²) >= 11 is 1.63. The lowest BCUT2D eigenvalue weighted by Gasteiger charge is -2.08. The number of anilines is 1. The van der Waals surface area contributed by atoms with Crippen LogP contribution in [0.5, 0.6) is 5.75 Å². The van der Waals surface area contributed by atoms with Gasteiger partial charge in [0.2, 0.25) is 5.88 Å². The molecule has 0 aliphatic rings. The molecule has 0 saturated heterocycles. The molecule has 0 saturated carbocycles. The van der Waals surface area contributed by atoms with Crippen molar-refractivity contribution in [2.45, 2.75) is 6.92 Å². The van der Waals surface area contributed by atoms with Gasteiger partial charge in [-0.25, -0.2) is 0 Å². The summed E-state index contributed by atoms with van der Waals surface area (Å²) in [5.41, 5.74) is 10.6. The number of hydrogen-bond donors (Lipinski definition) is 1. The first-order valence-electron chi connectivity index (χ1n) is 6.14. The van der Waals surface area contributed by atoms with Gasteiger partial charge in [-0.2, -0.15) is 11.3 Å². The number of nitrogens with zero attached hydrogens (tertiary/aromatic N) is 1. The topological polar surface area (TPSA) is 61.3 Å². The molecule has 0 unspecified atom stereocenters. The summed E-state index contributed by atoms with van der Waals surface area (Å²) in [4.78, 5) is 0. The minimum atomic E-state index is 0.301. The fourth-order valence-electron chi connectivity index (χ4n) is 2.20. The number of methoxy groups -OCH3 is 1. The van der Waals surface area contributed by atoms with Gasteiger partial charge in [-0.15, -0.1) is 0 Å². The lowest BCUT2D eigenvalue weighted by Crippen LogP contribution is -1.92. The second kappa shape index (κ2) is 5.02. The Morgan fingerprint density at radius 2 is 2.00 bits per heavy atom. The highest BCUT2D eigenvalue weighted by molar-refractivity contribution is 7.08. The second-order valence-electron chi connectivity index (χ2n) is 4.44. The Morgan fingerprint density at radius 3 is 2.70 bits per heavy atom. The fourth-order valence-corrected chi connectivity index (χ4v) is 3.03. The maximum absolute atomic E-state index is 5.97. The minimum absolute atomic E-state index is 0.301. The molecule has 0 atom stereocenters. The number of rotatable bonds is 3. The molecule has 20 heavy (non-hydrogen) atoms. The maximum Gasteiger partial charge on any atom is 0.230 e. The Labute approximate surface area is 120 Å². The standard InChI is InChI=1S/C15H14N2O2S/c1-9-7-20-8-11(9)14-13(15(16)19-17-14)10-5-3-4-6-12(10)18-2/h3-8H,16H2,1-2H3. The van der Waals surface area contributed by atoms with Gasteiger partial charge in [0.15, 0.2) is 0 Å². The summed E-state index contributed by atoms with van der Waals surface area (Å²) in [5.74, 6) is 1.05. The van der Waals surface area contributed by atoms with Crippen molar-refractivity contribution < 1.29 is 9.26 Å². The number of nitrogen functional groups attached to an aromatic ring is 1. The quantitative estimate of drug-likeness (QED) is 0.791. The largest absolute Gasteiger partial charge is 0.496 e. The van der Waals surface area contributed by atoms with Gasteiger partial charge >= 0.3 is 0 Å². The third-order valence-electron chi connectivity index (χ3n) is 3.21. The molecular weight excluding hydrogens is 272 g/mol. The summed E-state index contributed by atoms with van der Waals surface area (Å²) in [6, 6.07) is 7.70. The first-order valence-corrected chi connectivity index (χ1v) is 7.08. The van der Waals surface area contributed by atoms with Crippen LogP contribution in [0.15, 0.2) is 39.5 Å². The Morgan fingerprint density at radius 1 is 1.20 bits per heavy atom. The number of hydrogen-bond acceptors (Lipinski definition) is 5. The Bertz CT molecular complexity index is 746. The van der Waals surface area contributed by atoms with Gasteiger partial charge in [-0.1, -0.05) is 23.4 Å². The van der Waals surface area contributed by atoms with Crippen LogP contribution in [0.2, 0.25) is 0 Å². The summed E-state index contributed by atoms with van der Waals surface area (Å²) in [7, 11) is 1.64. The van der Waals surface area contributed by atoms with Crippen molar-refractivity contribution in [3.8, 4) is 28.1 Å². The number of benzene rings is 1. The first kappa shape index (κ1) is 12.7. The third-order valence-corrected chi connectivity index (χ3v) is 4.07. The summed E-state index contributed by atoms with van der Waals surface area (Å²) in [5, 5.41) is 8.24. The van der Waals surface area contributed by atoms with Gasteiger partial charge in [0.05, 0.1) is 12.7 Å². The molecule has 0 aliphatic heterocycles. The van der Waals surface area contributed by atoms with Gasteiger partial charge in [-0.05, 0) is 23.9 Å². The zero-order chi connectivity index (χ0) is 14.1. The van der Waals surface area contributed by atoms with Crippen molar-refractivity contribution in [3.05, 3.63) is 40.6 Å². The number of para-hydroxylation sites is 1. The van der Waals surface area contributed by atoms with Crippen molar-refractivity contribution in [1.82, 2.24) is 5.16 Å². The molecule has 0 amide bonds. The van der Waals surface area contributed by atoms with Crippen LogP contribution in [0.3, 0.4) is 0 Å². The van der Waals surface area contributed by atoms with E-state index < -0.39 is 0 Å². The molecule has 102 valence electrons. The molecule has 3 aromatic rings. The van der Waals surface area contributed by atoms with Crippen LogP contribution in [0.1, 0.15) is 5.56 Å². The summed E-state index contributed by atoms with van der Waals surface area (Å²) in [6.45, 7) is 2.04. The number of aromatic nitrogens is 1. The van der Waals surface area contributed by atoms with Crippen LogP contribution in [-0.4, -0.2) is 12.3 Å². The van der Waals surface area contributed by atoms with Crippen LogP contribution in [-0.2, 0) is 0 Å². The average molecular weight is 286 g/mol. The lowest BCUT2D eigenvalue weighted by molar-refractivity contribution is 0.416. The normalized spacial score (nSPS) is 10.7. The molecule has 0 radical (unpaired) electrons. The Hall–Kier alpha value is -2.27. The maximum atomic E-state index is 5.97. The van der Waals surface area contributed by atoms with E-state index in [-0.39, 0.29) is 0 Å². The highest BCUT2D eigenvalue weighted by Gasteiger charge is 2.21. The van der Waals surface area contributed by atoms with E-state index in [2.05, 4.69) is 10.5 Å². The number of nitrogens with two attached hydrogens (primary N) is 1. The van der Waals surface area contributed by atoms with E-state index in [1.165, 1.54) is 0 Å². The highest BCUT2D eigenvalue weighted by Crippen LogP contribution is 2.42. The van der Waals surface area contributed by atoms with Gasteiger partial charge in [0.25, 0.3) is 0 Å². The molecule has 0 fully saturated rings. The first-order chi connectivity index (χ1) is 9.72. The van der Waals surface area contributed by atoms with E-state index in [1.54, 1.807) is 18.4 Å². The Kier molecular flexibility index (Phi) is 3.20. The summed E-state index contributed by atoms with van der Waals surface area (Å²) < 4.78 is 10.6. The van der Waals surface area contributed by atoms with E-state index in [9.17, 15) is 0 Å². The van der Waals surface area contributed by atoms with E-state index in [4.69, 9.17) is 15.0 Å². The highest BCUT2D eigenvalue weighted by atomic mass is 32.1. The average Bonchev–Trinajstić information content (AvgIpc) is 3.04. The monoisotopic (exact) mass is 286 g/mol. The molecule has 5 heteroatoms. The van der Waals surface area contributed by atoms with Crippen LogP contribution < -0.4 is 10.5 Å². The lowest BCUT2D eigenvalue weighted by atomic mass is 10.00. The predicted molar refractivity (Wildman–Crippen MR) is 81.0 cm³/mol. The number of thiophene rings is 1. The molecule has 0 spiro atoms. The number of aryl methyl sites for hydroxylation is 1. The Balaban J connectivity index is 2.25. The van der Waals surface area contributed by atoms with Crippen molar-refractivity contribution in [3.63, 3.8) is 0 Å². The van der Waals surface area contributed by atoms with Crippen molar-refractivity contribution >= 4 is 17.2 Å². The van der Waals surface area contributed by atoms with E-state index >= 15 is 0 Å². The van der Waals surface area contributed by atoms with Gasteiger partial charge in [0, 0.05) is 16.5 Å². The molecule has 4 nitrogen and oxygen atoms in total. The molecule has 2 aromatic heterocycles. The van der Waals surface area contributed by atoms with Crippen molar-refractivity contribution in [2.75, 3.05) is 12.8 Å². The smallest absolute Gasteiger partial charge is 0.230 e. The van der Waals surface area contributed by atoms with Crippen LogP contribution in [0, 0.1) is 6.92 Å². The minimum Gasteiger partial charge on any atom is -0.496 e. The SMILES string of the molecule is COc1ccccc1-c1c(-c2cscc2C)noc1N. The van der Waals surface area contributed by atoms with Gasteiger partial charge in [0.1, 0.15) is 11.4 Å². The van der Waals surface area contributed by atoms with E-state index in [0.29, 0.717) is 5.88 Å². The fraction of sp³-hybridized carbons (Fsp3) is 0.133. The molecule has 0 bridgehead atoms. The molecule has 0 aliphatic carbocycles. The number of ether oxygens (including phenoxy) is 1. The zero-order valence-corrected chi connectivity index (χ0v) is 12.0. The van der Waals surface area contributed by atoms with Gasteiger partial charge < -0.3 is 15.0 Å². The van der Waals surface area contributed by atoms with Crippen molar-refractivity contribution in [1.29, 1.82) is 0 Å². The predicted octanol–water partition coefficient (Wildman–Crippen LogP) is 3.97. The summed E-state index contributed by atoms with van der Waals surface area (Å²) in [6.07, 6.45) is 0. The second-order valence-corrected chi connectivity index (χ2v) is 5.18. The molecule has 3 rings (SSSR count). The van der Waals surface area contributed by atoms with Crippen LogP contribution >= 0.6 is 11.3 Å². The van der Waals surface area contributed by atoms with E-state index in [0.717, 1.165) is 33.7 Å². The molecule has 1 aromatic carbocycles. The molecule has 2 N–H and O–H groups in total. The third kappa shape index (κ3) is 1.96. The molecule has 2 heterocycles. The van der Waals surface area contributed by atoms with Crippen LogP contribution in [0.25, 0.3) is 22.4 Å². The van der Waals surface area contributed by atoms with Gasteiger partial charge in [-0.3, -0.25) is 0 Å². The van der Waals surface area contributed by atoms with Crippen LogP contribution in [0.4, 0.5) is 5.88 Å². The zero-order valence-electron chi connectivity index (χ0n) is 11.2. The van der Waals surface area contributed by atoms with E-state index in [1.807, 2.05) is 36.6 Å².